The first-order valence-corrected chi connectivity index (χ1v) is 11.2. The number of aliphatic hydroxyl groups is 2. The molecule has 0 aromatic heterocycles. The van der Waals surface area contributed by atoms with Gasteiger partial charge in [0.2, 0.25) is 11.8 Å². The summed E-state index contributed by atoms with van der Waals surface area (Å²) in [5.74, 6) is -2.77. The zero-order valence-electron chi connectivity index (χ0n) is 20.1. The summed E-state index contributed by atoms with van der Waals surface area (Å²) in [7, 11) is 0. The van der Waals surface area contributed by atoms with Crippen molar-refractivity contribution in [3.05, 3.63) is 0 Å². The van der Waals surface area contributed by atoms with Gasteiger partial charge in [0.05, 0.1) is 0 Å². The Morgan fingerprint density at radius 3 is 0.971 bits per heavy atom. The zero-order valence-corrected chi connectivity index (χ0v) is 20.1. The molecule has 6 nitrogen and oxygen atoms in total. The predicted octanol–water partition coefficient (Wildman–Crippen LogP) is 4.10. The number of carbonyl (C=O) groups excluding carboxylic acids is 2. The van der Waals surface area contributed by atoms with Gasteiger partial charge in [-0.15, -0.1) is 0 Å². The number of piperazine rings is 1. The molecular formula is C22H32F6N2O4. The van der Waals surface area contributed by atoms with E-state index in [1.54, 1.807) is 0 Å². The molecule has 3 aliphatic rings. The van der Waals surface area contributed by atoms with Gasteiger partial charge >= 0.3 is 12.4 Å². The molecule has 12 heteroatoms. The molecule has 1 aliphatic heterocycles. The maximum atomic E-state index is 14.9. The molecule has 2 N–H and O–H groups in total. The lowest BCUT2D eigenvalue weighted by Gasteiger charge is -2.76. The lowest BCUT2D eigenvalue weighted by molar-refractivity contribution is -0.474. The van der Waals surface area contributed by atoms with Crippen molar-refractivity contribution >= 4 is 11.8 Å². The van der Waals surface area contributed by atoms with Gasteiger partial charge in [0.25, 0.3) is 11.4 Å². The van der Waals surface area contributed by atoms with Crippen LogP contribution in [-0.2, 0) is 9.59 Å². The summed E-state index contributed by atoms with van der Waals surface area (Å²) in [6, 6.07) is 0. The highest BCUT2D eigenvalue weighted by Crippen LogP contribution is 2.69. The Morgan fingerprint density at radius 1 is 0.618 bits per heavy atom. The van der Waals surface area contributed by atoms with Crippen molar-refractivity contribution in [3.8, 4) is 0 Å². The smallest absolute Gasteiger partial charge is 0.362 e. The van der Waals surface area contributed by atoms with Gasteiger partial charge in [0, 0.05) is 10.8 Å². The van der Waals surface area contributed by atoms with Gasteiger partial charge in [0.1, 0.15) is 11.1 Å². The quantitative estimate of drug-likeness (QED) is 0.489. The van der Waals surface area contributed by atoms with Gasteiger partial charge in [-0.05, 0) is 38.5 Å². The molecule has 1 heterocycles. The molecule has 34 heavy (non-hydrogen) atoms. The van der Waals surface area contributed by atoms with Crippen molar-refractivity contribution in [2.45, 2.75) is 115 Å². The van der Waals surface area contributed by atoms with Crippen molar-refractivity contribution in [3.63, 3.8) is 0 Å². The molecule has 1 saturated heterocycles. The fourth-order valence-electron chi connectivity index (χ4n) is 5.65. The van der Waals surface area contributed by atoms with Crippen molar-refractivity contribution in [2.24, 2.45) is 10.8 Å². The minimum atomic E-state index is -5.62. The lowest BCUT2D eigenvalue weighted by atomic mass is 9.54. The van der Waals surface area contributed by atoms with Crippen LogP contribution in [0, 0.1) is 10.8 Å². The average Bonchev–Trinajstić information content (AvgIpc) is 2.54. The molecule has 2 aliphatic carbocycles. The largest absolute Gasteiger partial charge is 0.439 e. The monoisotopic (exact) mass is 502 g/mol. The third-order valence-electron chi connectivity index (χ3n) is 7.64. The van der Waals surface area contributed by atoms with Crippen LogP contribution in [0.2, 0.25) is 0 Å². The second-order valence-corrected chi connectivity index (χ2v) is 11.9. The third kappa shape index (κ3) is 2.96. The minimum absolute atomic E-state index is 0.0369. The molecule has 0 aromatic carbocycles. The molecule has 3 rings (SSSR count). The van der Waals surface area contributed by atoms with E-state index in [2.05, 4.69) is 0 Å². The average molecular weight is 502 g/mol. The Kier molecular flexibility index (Phi) is 5.58. The number of alkyl halides is 6. The molecule has 2 atom stereocenters. The number of hydrogen-bond acceptors (Lipinski definition) is 4. The fourth-order valence-corrected chi connectivity index (χ4v) is 5.65. The molecule has 196 valence electrons. The van der Waals surface area contributed by atoms with Crippen molar-refractivity contribution in [1.82, 2.24) is 9.80 Å². The van der Waals surface area contributed by atoms with E-state index in [0.717, 1.165) is 0 Å². The van der Waals surface area contributed by atoms with Gasteiger partial charge in [-0.1, -0.05) is 41.5 Å². The van der Waals surface area contributed by atoms with E-state index >= 15 is 0 Å². The maximum Gasteiger partial charge on any atom is 0.439 e. The number of amides is 2. The SMILES string of the molecule is CC(C)(C)C(=O)N1C2(CCC2)[C@@](O)(C(F)(F)F)N(C(=O)C(C)(C)C)C2(CCC2)[C@]1(O)C(F)(F)F. The normalized spacial score (nSPS) is 31.4. The molecular weight excluding hydrogens is 470 g/mol. The summed E-state index contributed by atoms with van der Waals surface area (Å²) >= 11 is 0. The van der Waals surface area contributed by atoms with Crippen LogP contribution in [0.25, 0.3) is 0 Å². The van der Waals surface area contributed by atoms with Gasteiger partial charge in [-0.3, -0.25) is 19.4 Å². The number of halogens is 6. The van der Waals surface area contributed by atoms with Crippen LogP contribution in [0.15, 0.2) is 0 Å². The van der Waals surface area contributed by atoms with E-state index in [-0.39, 0.29) is 22.6 Å². The van der Waals surface area contributed by atoms with Crippen LogP contribution >= 0.6 is 0 Å². The first-order chi connectivity index (χ1) is 15.0. The molecule has 0 radical (unpaired) electrons. The van der Waals surface area contributed by atoms with Crippen LogP contribution in [0.1, 0.15) is 80.1 Å². The van der Waals surface area contributed by atoms with E-state index in [1.807, 2.05) is 0 Å². The van der Waals surface area contributed by atoms with Crippen LogP contribution < -0.4 is 0 Å². The highest BCUT2D eigenvalue weighted by atomic mass is 19.4. The Morgan fingerprint density at radius 2 is 0.853 bits per heavy atom. The molecule has 2 saturated carbocycles. The van der Waals surface area contributed by atoms with Crippen LogP contribution in [0.5, 0.6) is 0 Å². The van der Waals surface area contributed by atoms with E-state index in [4.69, 9.17) is 0 Å². The van der Waals surface area contributed by atoms with Crippen LogP contribution in [0.3, 0.4) is 0 Å². The molecule has 0 aromatic rings. The van der Waals surface area contributed by atoms with Crippen molar-refractivity contribution in [2.75, 3.05) is 0 Å². The summed E-state index contributed by atoms with van der Waals surface area (Å²) in [5, 5.41) is 23.1. The van der Waals surface area contributed by atoms with E-state index in [1.165, 1.54) is 41.5 Å². The predicted molar refractivity (Wildman–Crippen MR) is 108 cm³/mol. The number of nitrogens with zero attached hydrogens (tertiary/aromatic N) is 2. The second kappa shape index (κ2) is 7.02. The van der Waals surface area contributed by atoms with E-state index in [0.29, 0.717) is 0 Å². The number of hydrogen-bond donors (Lipinski definition) is 2. The molecule has 0 unspecified atom stereocenters. The Bertz CT molecular complexity index is 808. The fraction of sp³-hybridized carbons (Fsp3) is 0.909. The second-order valence-electron chi connectivity index (χ2n) is 11.9. The molecule has 3 fully saturated rings. The first kappa shape index (κ1) is 27.0. The summed E-state index contributed by atoms with van der Waals surface area (Å²) < 4.78 is 89.3. The van der Waals surface area contributed by atoms with Gasteiger partial charge in [-0.2, -0.15) is 26.3 Å². The Balaban J connectivity index is 2.53. The van der Waals surface area contributed by atoms with E-state index < -0.39 is 83.2 Å². The number of rotatable bonds is 0. The summed E-state index contributed by atoms with van der Waals surface area (Å²) in [6.07, 6.45) is -14.0. The van der Waals surface area contributed by atoms with Gasteiger partial charge in [0.15, 0.2) is 0 Å². The highest BCUT2D eigenvalue weighted by molar-refractivity contribution is 5.87. The molecule has 2 amide bonds. The zero-order chi connectivity index (χ0) is 26.6. The topological polar surface area (TPSA) is 81.1 Å². The maximum absolute atomic E-state index is 14.9. The summed E-state index contributed by atoms with van der Waals surface area (Å²) in [4.78, 5) is 26.7. The molecule has 0 bridgehead atoms. The molecule has 2 spiro atoms. The Hall–Kier alpha value is -1.56. The van der Waals surface area contributed by atoms with Crippen molar-refractivity contribution in [1.29, 1.82) is 0 Å². The Labute approximate surface area is 194 Å². The van der Waals surface area contributed by atoms with Crippen molar-refractivity contribution < 1.29 is 46.1 Å². The minimum Gasteiger partial charge on any atom is -0.362 e. The van der Waals surface area contributed by atoms with E-state index in [9.17, 15) is 46.1 Å². The lowest BCUT2D eigenvalue weighted by Crippen LogP contribution is -2.98. The van der Waals surface area contributed by atoms with Crippen LogP contribution in [0.4, 0.5) is 26.3 Å². The standard InChI is InChI=1S/C22H32F6N2O4/c1-15(2,3)13(31)29-17(9-7-10-17)20(34,22(26,27)28)30(14(32)16(4,5)6)18(11-8-12-18)19(29,33)21(23,24)25/h33-34H,7-12H2,1-6H3/t19-,20+. The third-order valence-corrected chi connectivity index (χ3v) is 7.64. The van der Waals surface area contributed by atoms with Crippen LogP contribution in [-0.4, -0.2) is 66.7 Å². The van der Waals surface area contributed by atoms with Gasteiger partial charge < -0.3 is 10.2 Å². The summed E-state index contributed by atoms with van der Waals surface area (Å²) in [5.41, 5.74) is -17.4. The summed E-state index contributed by atoms with van der Waals surface area (Å²) in [6.45, 7) is 7.36. The number of carbonyl (C=O) groups is 2. The highest BCUT2D eigenvalue weighted by Gasteiger charge is 2.90. The van der Waals surface area contributed by atoms with Gasteiger partial charge in [-0.25, -0.2) is 0 Å². The first-order valence-electron chi connectivity index (χ1n) is 11.2.